The van der Waals surface area contributed by atoms with Crippen LogP contribution in [0.25, 0.3) is 0 Å². The lowest BCUT2D eigenvalue weighted by Crippen LogP contribution is -2.33. The molecule has 0 bridgehead atoms. The van der Waals surface area contributed by atoms with E-state index in [1.807, 2.05) is 14.0 Å². The van der Waals surface area contributed by atoms with Crippen molar-refractivity contribution in [1.82, 2.24) is 5.32 Å². The van der Waals surface area contributed by atoms with Crippen LogP contribution in [0.4, 0.5) is 0 Å². The van der Waals surface area contributed by atoms with Gasteiger partial charge in [-0.25, -0.2) is 0 Å². The molecule has 0 aliphatic rings. The second kappa shape index (κ2) is 5.91. The fourth-order valence-electron chi connectivity index (χ4n) is 1.38. The van der Waals surface area contributed by atoms with Crippen molar-refractivity contribution in [3.63, 3.8) is 0 Å². The van der Waals surface area contributed by atoms with Gasteiger partial charge in [-0.15, -0.1) is 0 Å². The first-order chi connectivity index (χ1) is 6.40. The summed E-state index contributed by atoms with van der Waals surface area (Å²) in [5.74, 6) is 0.0472. The molecular weight excluding hydrogens is 178 g/mol. The van der Waals surface area contributed by atoms with Crippen molar-refractivity contribution in [3.05, 3.63) is 0 Å². The van der Waals surface area contributed by atoms with E-state index in [0.29, 0.717) is 18.4 Å². The zero-order chi connectivity index (χ0) is 11.3. The topological polar surface area (TPSA) is 46.2 Å². The molecular formula is C11H21NO2. The summed E-state index contributed by atoms with van der Waals surface area (Å²) in [6.45, 7) is 7.53. The molecule has 3 atom stereocenters. The third kappa shape index (κ3) is 4.01. The number of hydrogen-bond acceptors (Lipinski definition) is 3. The van der Waals surface area contributed by atoms with Gasteiger partial charge in [0.25, 0.3) is 0 Å². The first kappa shape index (κ1) is 13.3. The molecule has 0 radical (unpaired) electrons. The Morgan fingerprint density at radius 1 is 1.21 bits per heavy atom. The van der Waals surface area contributed by atoms with E-state index >= 15 is 0 Å². The van der Waals surface area contributed by atoms with Crippen LogP contribution in [-0.4, -0.2) is 24.7 Å². The SMILES string of the molecule is CNC(C)C(C)C(C)CC(=O)C(C)=O. The maximum Gasteiger partial charge on any atom is 0.198 e. The first-order valence-electron chi connectivity index (χ1n) is 5.11. The number of hydrogen-bond donors (Lipinski definition) is 1. The van der Waals surface area contributed by atoms with Gasteiger partial charge in [0.1, 0.15) is 0 Å². The van der Waals surface area contributed by atoms with E-state index in [1.165, 1.54) is 6.92 Å². The normalized spacial score (nSPS) is 17.2. The summed E-state index contributed by atoms with van der Waals surface area (Å²) < 4.78 is 0. The van der Waals surface area contributed by atoms with E-state index in [1.54, 1.807) is 0 Å². The van der Waals surface area contributed by atoms with Gasteiger partial charge in [0.2, 0.25) is 0 Å². The molecule has 3 heteroatoms. The largest absolute Gasteiger partial charge is 0.317 e. The predicted octanol–water partition coefficient (Wildman–Crippen LogP) is 1.41. The summed E-state index contributed by atoms with van der Waals surface area (Å²) in [6.07, 6.45) is 0.364. The van der Waals surface area contributed by atoms with Crippen LogP contribution in [0, 0.1) is 11.8 Å². The number of carbonyl (C=O) groups excluding carboxylic acids is 2. The van der Waals surface area contributed by atoms with Crippen molar-refractivity contribution in [3.8, 4) is 0 Å². The van der Waals surface area contributed by atoms with E-state index in [-0.39, 0.29) is 17.5 Å². The van der Waals surface area contributed by atoms with Crippen molar-refractivity contribution >= 4 is 11.6 Å². The molecule has 0 aromatic rings. The lowest BCUT2D eigenvalue weighted by molar-refractivity contribution is -0.136. The number of carbonyl (C=O) groups is 2. The molecule has 3 unspecified atom stereocenters. The summed E-state index contributed by atoms with van der Waals surface area (Å²) in [7, 11) is 1.90. The summed E-state index contributed by atoms with van der Waals surface area (Å²) in [5, 5.41) is 3.15. The summed E-state index contributed by atoms with van der Waals surface area (Å²) in [5.41, 5.74) is 0. The van der Waals surface area contributed by atoms with Crippen LogP contribution in [0.15, 0.2) is 0 Å². The van der Waals surface area contributed by atoms with Crippen LogP contribution in [0.1, 0.15) is 34.1 Å². The van der Waals surface area contributed by atoms with Gasteiger partial charge in [-0.1, -0.05) is 13.8 Å². The van der Waals surface area contributed by atoms with Gasteiger partial charge in [-0.3, -0.25) is 9.59 Å². The number of ketones is 2. The highest BCUT2D eigenvalue weighted by molar-refractivity contribution is 6.36. The van der Waals surface area contributed by atoms with Gasteiger partial charge >= 0.3 is 0 Å². The molecule has 0 spiro atoms. The Hall–Kier alpha value is -0.700. The molecule has 3 nitrogen and oxygen atoms in total. The lowest BCUT2D eigenvalue weighted by atomic mass is 9.86. The van der Waals surface area contributed by atoms with Gasteiger partial charge in [0.15, 0.2) is 11.6 Å². The second-order valence-electron chi connectivity index (χ2n) is 4.10. The minimum atomic E-state index is -0.332. The van der Waals surface area contributed by atoms with Crippen LogP contribution in [0.5, 0.6) is 0 Å². The molecule has 0 saturated heterocycles. The molecule has 0 rings (SSSR count). The van der Waals surface area contributed by atoms with Crippen LogP contribution >= 0.6 is 0 Å². The zero-order valence-corrected chi connectivity index (χ0v) is 9.76. The second-order valence-corrected chi connectivity index (χ2v) is 4.10. The molecule has 0 amide bonds. The van der Waals surface area contributed by atoms with Gasteiger partial charge in [0.05, 0.1) is 0 Å². The van der Waals surface area contributed by atoms with Crippen molar-refractivity contribution < 1.29 is 9.59 Å². The van der Waals surface area contributed by atoms with E-state index < -0.39 is 0 Å². The standard InChI is InChI=1S/C11H21NO2/c1-7(6-11(14)10(4)13)8(2)9(3)12-5/h7-9,12H,6H2,1-5H3. The first-order valence-corrected chi connectivity index (χ1v) is 5.11. The summed E-state index contributed by atoms with van der Waals surface area (Å²) >= 11 is 0. The van der Waals surface area contributed by atoms with Gasteiger partial charge < -0.3 is 5.32 Å². The average Bonchev–Trinajstić information content (AvgIpc) is 2.14. The Labute approximate surface area is 86.3 Å². The van der Waals surface area contributed by atoms with Crippen molar-refractivity contribution in [2.24, 2.45) is 11.8 Å². The molecule has 0 aromatic heterocycles. The average molecular weight is 199 g/mol. The monoisotopic (exact) mass is 199 g/mol. The highest BCUT2D eigenvalue weighted by Gasteiger charge is 2.21. The minimum Gasteiger partial charge on any atom is -0.317 e. The Morgan fingerprint density at radius 2 is 1.71 bits per heavy atom. The lowest BCUT2D eigenvalue weighted by Gasteiger charge is -2.25. The summed E-state index contributed by atoms with van der Waals surface area (Å²) in [4.78, 5) is 22.0. The molecule has 14 heavy (non-hydrogen) atoms. The number of nitrogens with one attached hydrogen (secondary N) is 1. The van der Waals surface area contributed by atoms with Crippen LogP contribution in [-0.2, 0) is 9.59 Å². The molecule has 0 heterocycles. The van der Waals surface area contributed by atoms with E-state index in [2.05, 4.69) is 19.2 Å². The maximum absolute atomic E-state index is 11.2. The number of rotatable bonds is 6. The zero-order valence-electron chi connectivity index (χ0n) is 9.76. The molecule has 1 N–H and O–H groups in total. The highest BCUT2D eigenvalue weighted by atomic mass is 16.2. The third-order valence-corrected chi connectivity index (χ3v) is 3.04. The third-order valence-electron chi connectivity index (χ3n) is 3.04. The molecule has 82 valence electrons. The molecule has 0 aliphatic heterocycles. The van der Waals surface area contributed by atoms with Crippen molar-refractivity contribution in [2.45, 2.75) is 40.2 Å². The highest BCUT2D eigenvalue weighted by Crippen LogP contribution is 2.18. The molecule has 0 saturated carbocycles. The Kier molecular flexibility index (Phi) is 5.62. The Morgan fingerprint density at radius 3 is 2.07 bits per heavy atom. The van der Waals surface area contributed by atoms with E-state index in [0.717, 1.165) is 0 Å². The quantitative estimate of drug-likeness (QED) is 0.658. The molecule has 0 aromatic carbocycles. The molecule has 0 aliphatic carbocycles. The van der Waals surface area contributed by atoms with Gasteiger partial charge in [-0.2, -0.15) is 0 Å². The summed E-state index contributed by atoms with van der Waals surface area (Å²) in [6, 6.07) is 0.366. The van der Waals surface area contributed by atoms with Crippen LogP contribution in [0.2, 0.25) is 0 Å². The van der Waals surface area contributed by atoms with Gasteiger partial charge in [-0.05, 0) is 25.8 Å². The van der Waals surface area contributed by atoms with Crippen LogP contribution < -0.4 is 5.32 Å². The van der Waals surface area contributed by atoms with E-state index in [4.69, 9.17) is 0 Å². The Bertz CT molecular complexity index is 213. The van der Waals surface area contributed by atoms with Crippen molar-refractivity contribution in [2.75, 3.05) is 7.05 Å². The minimum absolute atomic E-state index is 0.244. The fraction of sp³-hybridized carbons (Fsp3) is 0.818. The number of Topliss-reactive ketones (excluding diaryl/α,β-unsaturated/α-hetero) is 2. The van der Waals surface area contributed by atoms with Crippen molar-refractivity contribution in [1.29, 1.82) is 0 Å². The predicted molar refractivity (Wildman–Crippen MR) is 57.2 cm³/mol. The smallest absolute Gasteiger partial charge is 0.198 e. The fourth-order valence-corrected chi connectivity index (χ4v) is 1.38. The molecule has 0 fully saturated rings. The van der Waals surface area contributed by atoms with Crippen LogP contribution in [0.3, 0.4) is 0 Å². The van der Waals surface area contributed by atoms with E-state index in [9.17, 15) is 9.59 Å². The Balaban J connectivity index is 4.13. The maximum atomic E-state index is 11.2. The van der Waals surface area contributed by atoms with Gasteiger partial charge in [0, 0.05) is 19.4 Å².